The molecule has 0 bridgehead atoms. The van der Waals surface area contributed by atoms with Gasteiger partial charge in [-0.1, -0.05) is 0 Å². The van der Waals surface area contributed by atoms with Gasteiger partial charge in [-0.05, 0) is 50.1 Å². The molecule has 1 aromatic carbocycles. The average Bonchev–Trinajstić information content (AvgIpc) is 2.67. The first-order valence-corrected chi connectivity index (χ1v) is 6.84. The molecule has 1 nitrogen and oxygen atoms in total. The second-order valence-corrected chi connectivity index (χ2v) is 5.54. The quantitative estimate of drug-likeness (QED) is 0.710. The molecular weight excluding hydrogens is 359 g/mol. The second-order valence-electron chi connectivity index (χ2n) is 3.09. The molecule has 16 heavy (non-hydrogen) atoms. The van der Waals surface area contributed by atoms with Gasteiger partial charge < -0.3 is 0 Å². The zero-order valence-electron chi connectivity index (χ0n) is 7.84. The van der Waals surface area contributed by atoms with Crippen LogP contribution in [-0.4, -0.2) is 5.78 Å². The van der Waals surface area contributed by atoms with Crippen LogP contribution in [0.3, 0.4) is 0 Å². The lowest BCUT2D eigenvalue weighted by molar-refractivity contribution is 0.103. The third kappa shape index (κ3) is 2.26. The number of hydrogen-bond donors (Lipinski definition) is 0. The monoisotopic (exact) mass is 362 g/mol. The number of ketones is 1. The van der Waals surface area contributed by atoms with Crippen molar-refractivity contribution >= 4 is 49.0 Å². The van der Waals surface area contributed by atoms with Gasteiger partial charge in [-0.15, -0.1) is 0 Å². The van der Waals surface area contributed by atoms with Crippen LogP contribution in [0.2, 0.25) is 0 Å². The summed E-state index contributed by atoms with van der Waals surface area (Å²) in [6.45, 7) is 0. The molecule has 1 heterocycles. The van der Waals surface area contributed by atoms with Crippen LogP contribution >= 0.6 is 43.2 Å². The molecule has 82 valence electrons. The van der Waals surface area contributed by atoms with E-state index < -0.39 is 0 Å². The molecule has 0 unspecified atom stereocenters. The average molecular weight is 364 g/mol. The molecule has 0 fully saturated rings. The lowest BCUT2D eigenvalue weighted by atomic mass is 10.1. The highest BCUT2D eigenvalue weighted by molar-refractivity contribution is 9.10. The van der Waals surface area contributed by atoms with E-state index in [2.05, 4.69) is 31.9 Å². The minimum atomic E-state index is -0.374. The van der Waals surface area contributed by atoms with E-state index in [9.17, 15) is 9.18 Å². The standard InChI is InChI=1S/C11H5Br2FOS/c12-8-3-6(1-2-10(8)14)11(15)7-4-16-5-9(7)13/h1-5H. The zero-order chi connectivity index (χ0) is 11.7. The van der Waals surface area contributed by atoms with E-state index >= 15 is 0 Å². The normalized spacial score (nSPS) is 10.4. The van der Waals surface area contributed by atoms with Crippen LogP contribution in [0.4, 0.5) is 4.39 Å². The molecule has 1 aromatic heterocycles. The molecule has 0 radical (unpaired) electrons. The van der Waals surface area contributed by atoms with Gasteiger partial charge in [0.05, 0.1) is 4.47 Å². The molecule has 0 aliphatic heterocycles. The van der Waals surface area contributed by atoms with E-state index in [0.29, 0.717) is 15.6 Å². The number of rotatable bonds is 2. The van der Waals surface area contributed by atoms with Crippen molar-refractivity contribution in [3.8, 4) is 0 Å². The third-order valence-corrected chi connectivity index (χ3v) is 4.35. The van der Waals surface area contributed by atoms with Crippen LogP contribution in [-0.2, 0) is 0 Å². The molecule has 0 amide bonds. The number of benzene rings is 1. The van der Waals surface area contributed by atoms with Gasteiger partial charge in [0.2, 0.25) is 0 Å². The van der Waals surface area contributed by atoms with Crippen molar-refractivity contribution in [3.05, 3.63) is 54.8 Å². The summed E-state index contributed by atoms with van der Waals surface area (Å²) in [5.74, 6) is -0.491. The van der Waals surface area contributed by atoms with Crippen molar-refractivity contribution in [1.29, 1.82) is 0 Å². The van der Waals surface area contributed by atoms with Crippen LogP contribution in [0.1, 0.15) is 15.9 Å². The Labute approximate surface area is 113 Å². The molecular formula is C11H5Br2FOS. The maximum Gasteiger partial charge on any atom is 0.195 e. The SMILES string of the molecule is O=C(c1ccc(F)c(Br)c1)c1cscc1Br. The lowest BCUT2D eigenvalue weighted by Gasteiger charge is -2.01. The van der Waals surface area contributed by atoms with Crippen molar-refractivity contribution in [2.45, 2.75) is 0 Å². The van der Waals surface area contributed by atoms with Crippen molar-refractivity contribution in [2.24, 2.45) is 0 Å². The highest BCUT2D eigenvalue weighted by Gasteiger charge is 2.14. The van der Waals surface area contributed by atoms with Crippen LogP contribution in [0.15, 0.2) is 37.9 Å². The molecule has 2 aromatic rings. The maximum absolute atomic E-state index is 13.0. The molecule has 0 N–H and O–H groups in total. The van der Waals surface area contributed by atoms with E-state index in [-0.39, 0.29) is 11.6 Å². The maximum atomic E-state index is 13.0. The fourth-order valence-corrected chi connectivity index (χ4v) is 3.07. The first-order valence-electron chi connectivity index (χ1n) is 4.31. The fraction of sp³-hybridized carbons (Fsp3) is 0. The van der Waals surface area contributed by atoms with Crippen molar-refractivity contribution in [2.75, 3.05) is 0 Å². The van der Waals surface area contributed by atoms with Gasteiger partial charge in [-0.2, -0.15) is 11.3 Å². The largest absolute Gasteiger partial charge is 0.289 e. The first kappa shape index (κ1) is 12.0. The highest BCUT2D eigenvalue weighted by atomic mass is 79.9. The molecule has 0 saturated heterocycles. The number of thiophene rings is 1. The van der Waals surface area contributed by atoms with E-state index in [4.69, 9.17) is 0 Å². The fourth-order valence-electron chi connectivity index (χ4n) is 1.24. The van der Waals surface area contributed by atoms with Crippen molar-refractivity contribution in [1.82, 2.24) is 0 Å². The predicted molar refractivity (Wildman–Crippen MR) is 69.6 cm³/mol. The Bertz CT molecular complexity index is 551. The summed E-state index contributed by atoms with van der Waals surface area (Å²) in [4.78, 5) is 12.0. The summed E-state index contributed by atoms with van der Waals surface area (Å²) in [6.07, 6.45) is 0. The molecule has 5 heteroatoms. The summed E-state index contributed by atoms with van der Waals surface area (Å²) < 4.78 is 14.1. The number of halogens is 3. The van der Waals surface area contributed by atoms with Crippen LogP contribution in [0.25, 0.3) is 0 Å². The predicted octanol–water partition coefficient (Wildman–Crippen LogP) is 4.64. The highest BCUT2D eigenvalue weighted by Crippen LogP contribution is 2.25. The van der Waals surface area contributed by atoms with Crippen LogP contribution < -0.4 is 0 Å². The molecule has 2 rings (SSSR count). The third-order valence-electron chi connectivity index (χ3n) is 2.04. The van der Waals surface area contributed by atoms with E-state index in [1.807, 2.05) is 5.38 Å². The van der Waals surface area contributed by atoms with Gasteiger partial charge >= 0.3 is 0 Å². The Morgan fingerprint density at radius 2 is 1.94 bits per heavy atom. The van der Waals surface area contributed by atoms with Gasteiger partial charge in [0.25, 0.3) is 0 Å². The number of carbonyl (C=O) groups excluding carboxylic acids is 1. The van der Waals surface area contributed by atoms with Gasteiger partial charge in [-0.25, -0.2) is 4.39 Å². The van der Waals surface area contributed by atoms with Crippen molar-refractivity contribution in [3.63, 3.8) is 0 Å². The summed E-state index contributed by atoms with van der Waals surface area (Å²) in [7, 11) is 0. The van der Waals surface area contributed by atoms with Gasteiger partial charge in [-0.3, -0.25) is 4.79 Å². The van der Waals surface area contributed by atoms with Gasteiger partial charge in [0, 0.05) is 26.4 Å². The molecule has 0 spiro atoms. The Morgan fingerprint density at radius 1 is 1.19 bits per heavy atom. The Kier molecular flexibility index (Phi) is 3.56. The van der Waals surface area contributed by atoms with E-state index in [1.165, 1.54) is 29.5 Å². The smallest absolute Gasteiger partial charge is 0.195 e. The summed E-state index contributed by atoms with van der Waals surface area (Å²) in [5, 5.41) is 3.61. The van der Waals surface area contributed by atoms with Crippen molar-refractivity contribution < 1.29 is 9.18 Å². The van der Waals surface area contributed by atoms with Crippen LogP contribution in [0, 0.1) is 5.82 Å². The number of carbonyl (C=O) groups is 1. The first-order chi connectivity index (χ1) is 7.59. The van der Waals surface area contributed by atoms with E-state index in [0.717, 1.165) is 4.47 Å². The summed E-state index contributed by atoms with van der Waals surface area (Å²) in [6, 6.07) is 4.24. The second kappa shape index (κ2) is 4.77. The summed E-state index contributed by atoms with van der Waals surface area (Å²) in [5.41, 5.74) is 1.07. The van der Waals surface area contributed by atoms with Gasteiger partial charge in [0.15, 0.2) is 5.78 Å². The molecule has 0 aliphatic carbocycles. The Balaban J connectivity index is 2.42. The number of hydrogen-bond acceptors (Lipinski definition) is 2. The molecule has 0 atom stereocenters. The van der Waals surface area contributed by atoms with Crippen LogP contribution in [0.5, 0.6) is 0 Å². The Hall–Kier alpha value is -0.520. The minimum Gasteiger partial charge on any atom is -0.289 e. The van der Waals surface area contributed by atoms with E-state index in [1.54, 1.807) is 5.38 Å². The Morgan fingerprint density at radius 3 is 2.50 bits per heavy atom. The molecule has 0 aliphatic rings. The summed E-state index contributed by atoms with van der Waals surface area (Å²) >= 11 is 7.80. The zero-order valence-corrected chi connectivity index (χ0v) is 11.8. The molecule has 0 saturated carbocycles. The van der Waals surface area contributed by atoms with Gasteiger partial charge in [0.1, 0.15) is 5.82 Å². The topological polar surface area (TPSA) is 17.1 Å². The minimum absolute atomic E-state index is 0.117. The lowest BCUT2D eigenvalue weighted by Crippen LogP contribution is -2.00.